The molecule has 0 aliphatic rings. The molecule has 25 heavy (non-hydrogen) atoms. The van der Waals surface area contributed by atoms with Crippen LogP contribution in [0.25, 0.3) is 16.9 Å². The molecule has 5 nitrogen and oxygen atoms in total. The standard InChI is InChI=1S/C19H16FN5/c20-16-8-6-14(7-9-16)19-15(13-22-23-19)12-21-18-10-11-25(24-18)17-4-2-1-3-5-17/h1-11,13H,12H2,(H,21,24)(H,22,23). The number of anilines is 1. The van der Waals surface area contributed by atoms with Gasteiger partial charge in [0.15, 0.2) is 0 Å². The number of nitrogens with zero attached hydrogens (tertiary/aromatic N) is 3. The first kappa shape index (κ1) is 15.1. The van der Waals surface area contributed by atoms with Crippen LogP contribution >= 0.6 is 0 Å². The monoisotopic (exact) mass is 333 g/mol. The van der Waals surface area contributed by atoms with Gasteiger partial charge in [0.25, 0.3) is 0 Å². The number of rotatable bonds is 5. The summed E-state index contributed by atoms with van der Waals surface area (Å²) in [5.41, 5.74) is 3.76. The van der Waals surface area contributed by atoms with Crippen LogP contribution in [0, 0.1) is 5.82 Å². The van der Waals surface area contributed by atoms with Gasteiger partial charge in [0.2, 0.25) is 0 Å². The zero-order valence-electron chi connectivity index (χ0n) is 13.4. The van der Waals surface area contributed by atoms with Crippen LogP contribution in [0.2, 0.25) is 0 Å². The molecule has 0 fully saturated rings. The van der Waals surface area contributed by atoms with Gasteiger partial charge in [-0.05, 0) is 36.4 Å². The first-order valence-corrected chi connectivity index (χ1v) is 7.93. The number of benzene rings is 2. The molecule has 0 aliphatic heterocycles. The zero-order valence-corrected chi connectivity index (χ0v) is 13.4. The van der Waals surface area contributed by atoms with Crippen LogP contribution in [0.4, 0.5) is 10.2 Å². The Bertz CT molecular complexity index is 957. The van der Waals surface area contributed by atoms with Crippen molar-refractivity contribution in [2.45, 2.75) is 6.54 Å². The number of aromatic nitrogens is 4. The van der Waals surface area contributed by atoms with Gasteiger partial charge in [0.1, 0.15) is 11.6 Å². The number of para-hydroxylation sites is 1. The van der Waals surface area contributed by atoms with Crippen molar-refractivity contribution in [2.75, 3.05) is 5.32 Å². The number of H-pyrrole nitrogens is 1. The van der Waals surface area contributed by atoms with Gasteiger partial charge in [-0.2, -0.15) is 10.2 Å². The molecule has 4 rings (SSSR count). The van der Waals surface area contributed by atoms with Crippen LogP contribution in [-0.4, -0.2) is 20.0 Å². The maximum atomic E-state index is 13.1. The predicted octanol–water partition coefficient (Wildman–Crippen LogP) is 4.01. The summed E-state index contributed by atoms with van der Waals surface area (Å²) >= 11 is 0. The van der Waals surface area contributed by atoms with Crippen LogP contribution in [0.5, 0.6) is 0 Å². The van der Waals surface area contributed by atoms with Crippen molar-refractivity contribution >= 4 is 5.82 Å². The Morgan fingerprint density at radius 2 is 1.80 bits per heavy atom. The number of aromatic amines is 1. The van der Waals surface area contributed by atoms with Gasteiger partial charge in [0.05, 0.1) is 17.6 Å². The van der Waals surface area contributed by atoms with E-state index in [1.54, 1.807) is 18.3 Å². The summed E-state index contributed by atoms with van der Waals surface area (Å²) in [6.45, 7) is 0.564. The van der Waals surface area contributed by atoms with Crippen molar-refractivity contribution in [1.82, 2.24) is 20.0 Å². The SMILES string of the molecule is Fc1ccc(-c2[nH]ncc2CNc2ccn(-c3ccccc3)n2)cc1. The molecule has 2 aromatic carbocycles. The number of hydrogen-bond donors (Lipinski definition) is 2. The van der Waals surface area contributed by atoms with E-state index in [0.717, 1.165) is 28.3 Å². The summed E-state index contributed by atoms with van der Waals surface area (Å²) in [4.78, 5) is 0. The molecule has 0 bridgehead atoms. The van der Waals surface area contributed by atoms with Gasteiger partial charge in [-0.1, -0.05) is 18.2 Å². The van der Waals surface area contributed by atoms with E-state index in [-0.39, 0.29) is 5.82 Å². The molecule has 0 atom stereocenters. The largest absolute Gasteiger partial charge is 0.364 e. The van der Waals surface area contributed by atoms with E-state index < -0.39 is 0 Å². The highest BCUT2D eigenvalue weighted by atomic mass is 19.1. The summed E-state index contributed by atoms with van der Waals surface area (Å²) in [6, 6.07) is 18.2. The lowest BCUT2D eigenvalue weighted by molar-refractivity contribution is 0.628. The highest BCUT2D eigenvalue weighted by Crippen LogP contribution is 2.22. The topological polar surface area (TPSA) is 58.5 Å². The van der Waals surface area contributed by atoms with Crippen molar-refractivity contribution in [3.63, 3.8) is 0 Å². The molecule has 124 valence electrons. The molecule has 0 amide bonds. The van der Waals surface area contributed by atoms with Crippen LogP contribution in [0.15, 0.2) is 73.1 Å². The molecule has 2 heterocycles. The Morgan fingerprint density at radius 1 is 1.00 bits per heavy atom. The minimum Gasteiger partial charge on any atom is -0.364 e. The van der Waals surface area contributed by atoms with Crippen molar-refractivity contribution in [1.29, 1.82) is 0 Å². The fraction of sp³-hybridized carbons (Fsp3) is 0.0526. The van der Waals surface area contributed by atoms with Crippen molar-refractivity contribution in [3.05, 3.63) is 84.4 Å². The lowest BCUT2D eigenvalue weighted by Gasteiger charge is -2.05. The highest BCUT2D eigenvalue weighted by Gasteiger charge is 2.09. The molecule has 2 N–H and O–H groups in total. The first-order chi connectivity index (χ1) is 12.3. The van der Waals surface area contributed by atoms with Gasteiger partial charge in [-0.3, -0.25) is 5.10 Å². The van der Waals surface area contributed by atoms with Crippen molar-refractivity contribution in [2.24, 2.45) is 0 Å². The summed E-state index contributed by atoms with van der Waals surface area (Å²) in [5.74, 6) is 0.518. The van der Waals surface area contributed by atoms with Crippen LogP contribution in [0.1, 0.15) is 5.56 Å². The molecule has 4 aromatic rings. The molecule has 0 saturated carbocycles. The maximum absolute atomic E-state index is 13.1. The van der Waals surface area contributed by atoms with E-state index in [9.17, 15) is 4.39 Å². The van der Waals surface area contributed by atoms with Crippen LogP contribution < -0.4 is 5.32 Å². The number of nitrogens with one attached hydrogen (secondary N) is 2. The summed E-state index contributed by atoms with van der Waals surface area (Å²) in [6.07, 6.45) is 3.67. The van der Waals surface area contributed by atoms with E-state index in [1.165, 1.54) is 12.1 Å². The average molecular weight is 333 g/mol. The number of halogens is 1. The quantitative estimate of drug-likeness (QED) is 0.580. The van der Waals surface area contributed by atoms with Crippen molar-refractivity contribution in [3.8, 4) is 16.9 Å². The molecular weight excluding hydrogens is 317 g/mol. The third-order valence-electron chi connectivity index (χ3n) is 3.92. The maximum Gasteiger partial charge on any atom is 0.148 e. The highest BCUT2D eigenvalue weighted by molar-refractivity contribution is 5.63. The van der Waals surface area contributed by atoms with Gasteiger partial charge in [-0.15, -0.1) is 0 Å². The minimum atomic E-state index is -0.255. The lowest BCUT2D eigenvalue weighted by Crippen LogP contribution is -2.02. The Balaban J connectivity index is 1.49. The van der Waals surface area contributed by atoms with E-state index >= 15 is 0 Å². The lowest BCUT2D eigenvalue weighted by atomic mass is 10.1. The molecule has 0 aliphatic carbocycles. The van der Waals surface area contributed by atoms with Crippen LogP contribution in [-0.2, 0) is 6.54 Å². The molecule has 0 unspecified atom stereocenters. The third kappa shape index (κ3) is 3.28. The zero-order chi connectivity index (χ0) is 17.1. The molecule has 0 saturated heterocycles. The average Bonchev–Trinajstić information content (AvgIpc) is 3.31. The second-order valence-electron chi connectivity index (χ2n) is 5.61. The summed E-state index contributed by atoms with van der Waals surface area (Å²) < 4.78 is 14.9. The van der Waals surface area contributed by atoms with E-state index in [1.807, 2.05) is 47.3 Å². The van der Waals surface area contributed by atoms with Gasteiger partial charge < -0.3 is 5.32 Å². The second kappa shape index (κ2) is 6.60. The van der Waals surface area contributed by atoms with Gasteiger partial charge in [0, 0.05) is 29.9 Å². The molecule has 0 spiro atoms. The van der Waals surface area contributed by atoms with E-state index in [0.29, 0.717) is 6.54 Å². The summed E-state index contributed by atoms with van der Waals surface area (Å²) in [5, 5.41) is 14.9. The van der Waals surface area contributed by atoms with Gasteiger partial charge in [-0.25, -0.2) is 9.07 Å². The second-order valence-corrected chi connectivity index (χ2v) is 5.61. The Labute approximate surface area is 144 Å². The Hall–Kier alpha value is -3.41. The predicted molar refractivity (Wildman–Crippen MR) is 94.9 cm³/mol. The van der Waals surface area contributed by atoms with Crippen LogP contribution in [0.3, 0.4) is 0 Å². The number of hydrogen-bond acceptors (Lipinski definition) is 3. The fourth-order valence-electron chi connectivity index (χ4n) is 2.64. The van der Waals surface area contributed by atoms with E-state index in [4.69, 9.17) is 0 Å². The molecule has 0 radical (unpaired) electrons. The molecule has 2 aromatic heterocycles. The molecular formula is C19H16FN5. The molecule has 6 heteroatoms. The third-order valence-corrected chi connectivity index (χ3v) is 3.92. The minimum absolute atomic E-state index is 0.255. The van der Waals surface area contributed by atoms with Gasteiger partial charge >= 0.3 is 0 Å². The Kier molecular flexibility index (Phi) is 4.00. The smallest absolute Gasteiger partial charge is 0.148 e. The fourth-order valence-corrected chi connectivity index (χ4v) is 2.64. The van der Waals surface area contributed by atoms with E-state index in [2.05, 4.69) is 20.6 Å². The van der Waals surface area contributed by atoms with Crippen molar-refractivity contribution < 1.29 is 4.39 Å². The Morgan fingerprint density at radius 3 is 2.60 bits per heavy atom. The summed E-state index contributed by atoms with van der Waals surface area (Å²) in [7, 11) is 0. The normalized spacial score (nSPS) is 10.8. The first-order valence-electron chi connectivity index (χ1n) is 7.93.